The number of anilines is 1. The van der Waals surface area contributed by atoms with Crippen LogP contribution in [0.1, 0.15) is 29.8 Å². The van der Waals surface area contributed by atoms with E-state index in [0.717, 1.165) is 19.4 Å². The number of nitrogens with zero attached hydrogens (tertiary/aromatic N) is 1. The molecule has 0 bridgehead atoms. The lowest BCUT2D eigenvalue weighted by Gasteiger charge is -2.10. The number of methoxy groups -OCH3 is 1. The van der Waals surface area contributed by atoms with Crippen molar-refractivity contribution in [2.75, 3.05) is 19.0 Å². The van der Waals surface area contributed by atoms with E-state index in [9.17, 15) is 9.59 Å². The second kappa shape index (κ2) is 6.15. The van der Waals surface area contributed by atoms with Gasteiger partial charge in [0.2, 0.25) is 5.91 Å². The van der Waals surface area contributed by atoms with E-state index in [1.165, 1.54) is 7.11 Å². The van der Waals surface area contributed by atoms with Gasteiger partial charge in [-0.2, -0.15) is 5.10 Å². The Kier molecular flexibility index (Phi) is 4.06. The van der Waals surface area contributed by atoms with Crippen LogP contribution in [-0.2, 0) is 14.3 Å². The average Bonchev–Trinajstić information content (AvgIpc) is 3.15. The van der Waals surface area contributed by atoms with Gasteiger partial charge < -0.3 is 14.8 Å². The highest BCUT2D eigenvalue weighted by atomic mass is 16.5. The van der Waals surface area contributed by atoms with E-state index in [1.54, 1.807) is 18.2 Å². The molecule has 7 heteroatoms. The van der Waals surface area contributed by atoms with E-state index in [2.05, 4.69) is 20.3 Å². The molecule has 0 radical (unpaired) electrons. The van der Waals surface area contributed by atoms with E-state index >= 15 is 0 Å². The zero-order valence-electron chi connectivity index (χ0n) is 12.2. The third kappa shape index (κ3) is 2.94. The van der Waals surface area contributed by atoms with Gasteiger partial charge in [0.1, 0.15) is 0 Å². The van der Waals surface area contributed by atoms with Crippen LogP contribution in [0.4, 0.5) is 5.69 Å². The van der Waals surface area contributed by atoms with Gasteiger partial charge >= 0.3 is 5.97 Å². The predicted octanol–water partition coefficient (Wildman–Crippen LogP) is 1.86. The number of hydrogen-bond acceptors (Lipinski definition) is 5. The van der Waals surface area contributed by atoms with Crippen LogP contribution in [-0.4, -0.2) is 41.9 Å². The SMILES string of the molecule is COC(=O)c1n[nH]c2ccc(NC(=O)C[C@@H]3CCCO3)cc12. The fraction of sp³-hybridized carbons (Fsp3) is 0.400. The first kappa shape index (κ1) is 14.5. The number of hydrogen-bond donors (Lipinski definition) is 2. The Morgan fingerprint density at radius 2 is 2.36 bits per heavy atom. The molecule has 1 saturated heterocycles. The van der Waals surface area contributed by atoms with Gasteiger partial charge in [0.15, 0.2) is 5.69 Å². The number of benzene rings is 1. The molecule has 1 aromatic heterocycles. The quantitative estimate of drug-likeness (QED) is 0.841. The third-order valence-electron chi connectivity index (χ3n) is 3.66. The number of amides is 1. The summed E-state index contributed by atoms with van der Waals surface area (Å²) in [6, 6.07) is 5.23. The Bertz CT molecular complexity index is 704. The van der Waals surface area contributed by atoms with Gasteiger partial charge in [0, 0.05) is 17.7 Å². The molecular weight excluding hydrogens is 286 g/mol. The van der Waals surface area contributed by atoms with Gasteiger partial charge in [-0.15, -0.1) is 0 Å². The van der Waals surface area contributed by atoms with E-state index in [0.29, 0.717) is 23.0 Å². The lowest BCUT2D eigenvalue weighted by atomic mass is 10.1. The first-order valence-electron chi connectivity index (χ1n) is 7.15. The van der Waals surface area contributed by atoms with E-state index in [-0.39, 0.29) is 17.7 Å². The molecule has 1 aromatic carbocycles. The summed E-state index contributed by atoms with van der Waals surface area (Å²) in [6.45, 7) is 0.724. The first-order chi connectivity index (χ1) is 10.7. The molecule has 116 valence electrons. The molecule has 1 fully saturated rings. The van der Waals surface area contributed by atoms with Crippen molar-refractivity contribution in [3.63, 3.8) is 0 Å². The van der Waals surface area contributed by atoms with Crippen molar-refractivity contribution in [1.29, 1.82) is 0 Å². The van der Waals surface area contributed by atoms with E-state index in [1.807, 2.05) is 0 Å². The molecule has 2 heterocycles. The van der Waals surface area contributed by atoms with Crippen LogP contribution in [0.3, 0.4) is 0 Å². The number of carbonyl (C=O) groups is 2. The Morgan fingerprint density at radius 1 is 1.50 bits per heavy atom. The fourth-order valence-electron chi connectivity index (χ4n) is 2.57. The van der Waals surface area contributed by atoms with Crippen LogP contribution >= 0.6 is 0 Å². The largest absolute Gasteiger partial charge is 0.464 e. The van der Waals surface area contributed by atoms with Crippen molar-refractivity contribution < 1.29 is 19.1 Å². The maximum atomic E-state index is 12.0. The molecular formula is C15H17N3O4. The lowest BCUT2D eigenvalue weighted by Crippen LogP contribution is -2.19. The summed E-state index contributed by atoms with van der Waals surface area (Å²) in [4.78, 5) is 23.7. The number of rotatable bonds is 4. The monoisotopic (exact) mass is 303 g/mol. The average molecular weight is 303 g/mol. The molecule has 0 unspecified atom stereocenters. The van der Waals surface area contributed by atoms with Gasteiger partial charge in [0.05, 0.1) is 25.2 Å². The molecule has 3 rings (SSSR count). The predicted molar refractivity (Wildman–Crippen MR) is 79.7 cm³/mol. The molecule has 0 saturated carbocycles. The molecule has 0 spiro atoms. The van der Waals surface area contributed by atoms with Crippen molar-refractivity contribution in [3.8, 4) is 0 Å². The Hall–Kier alpha value is -2.41. The molecule has 0 aliphatic carbocycles. The second-order valence-corrected chi connectivity index (χ2v) is 5.21. The Labute approximate surface area is 127 Å². The minimum atomic E-state index is -0.519. The maximum Gasteiger partial charge on any atom is 0.359 e. The molecule has 1 aliphatic rings. The smallest absolute Gasteiger partial charge is 0.359 e. The Balaban J connectivity index is 1.76. The minimum absolute atomic E-state index is 0.00304. The highest BCUT2D eigenvalue weighted by Gasteiger charge is 2.20. The molecule has 1 amide bonds. The summed E-state index contributed by atoms with van der Waals surface area (Å²) in [7, 11) is 1.30. The summed E-state index contributed by atoms with van der Waals surface area (Å²) >= 11 is 0. The van der Waals surface area contributed by atoms with Gasteiger partial charge in [-0.3, -0.25) is 9.89 Å². The van der Waals surface area contributed by atoms with Crippen molar-refractivity contribution in [3.05, 3.63) is 23.9 Å². The van der Waals surface area contributed by atoms with Gasteiger partial charge in [-0.25, -0.2) is 4.79 Å². The minimum Gasteiger partial charge on any atom is -0.464 e. The summed E-state index contributed by atoms with van der Waals surface area (Å²) in [6.07, 6.45) is 2.26. The van der Waals surface area contributed by atoms with Crippen molar-refractivity contribution in [2.45, 2.75) is 25.4 Å². The number of carbonyl (C=O) groups excluding carboxylic acids is 2. The first-order valence-corrected chi connectivity index (χ1v) is 7.15. The fourth-order valence-corrected chi connectivity index (χ4v) is 2.57. The summed E-state index contributed by atoms with van der Waals surface area (Å²) in [5.41, 5.74) is 1.52. The lowest BCUT2D eigenvalue weighted by molar-refractivity contribution is -0.118. The van der Waals surface area contributed by atoms with Crippen LogP contribution in [0.2, 0.25) is 0 Å². The Morgan fingerprint density at radius 3 is 3.09 bits per heavy atom. The van der Waals surface area contributed by atoms with Gasteiger partial charge in [-0.05, 0) is 31.0 Å². The normalized spacial score (nSPS) is 17.6. The molecule has 2 aromatic rings. The van der Waals surface area contributed by atoms with Gasteiger partial charge in [0.25, 0.3) is 0 Å². The number of aromatic nitrogens is 2. The number of H-pyrrole nitrogens is 1. The van der Waals surface area contributed by atoms with Crippen molar-refractivity contribution in [1.82, 2.24) is 10.2 Å². The molecule has 7 nitrogen and oxygen atoms in total. The maximum absolute atomic E-state index is 12.0. The molecule has 2 N–H and O–H groups in total. The van der Waals surface area contributed by atoms with Crippen molar-refractivity contribution in [2.24, 2.45) is 0 Å². The number of ether oxygens (including phenoxy) is 2. The highest BCUT2D eigenvalue weighted by molar-refractivity contribution is 6.03. The molecule has 1 aliphatic heterocycles. The van der Waals surface area contributed by atoms with E-state index < -0.39 is 5.97 Å². The number of nitrogens with one attached hydrogen (secondary N) is 2. The highest BCUT2D eigenvalue weighted by Crippen LogP contribution is 2.22. The second-order valence-electron chi connectivity index (χ2n) is 5.21. The summed E-state index contributed by atoms with van der Waals surface area (Å²) < 4.78 is 10.1. The topological polar surface area (TPSA) is 93.3 Å². The summed E-state index contributed by atoms with van der Waals surface area (Å²) in [5, 5.41) is 10.1. The van der Waals surface area contributed by atoms with Crippen LogP contribution in [0.5, 0.6) is 0 Å². The van der Waals surface area contributed by atoms with Crippen molar-refractivity contribution >= 4 is 28.5 Å². The molecule has 22 heavy (non-hydrogen) atoms. The van der Waals surface area contributed by atoms with Crippen LogP contribution in [0.25, 0.3) is 10.9 Å². The van der Waals surface area contributed by atoms with Crippen LogP contribution in [0.15, 0.2) is 18.2 Å². The summed E-state index contributed by atoms with van der Waals surface area (Å²) in [5.74, 6) is -0.622. The number of esters is 1. The molecule has 1 atom stereocenters. The standard InChI is InChI=1S/C15H17N3O4/c1-21-15(20)14-11-7-9(4-5-12(11)17-18-14)16-13(19)8-10-3-2-6-22-10/h4-5,7,10H,2-3,6,8H2,1H3,(H,16,19)(H,17,18)/t10-/m0/s1. The van der Waals surface area contributed by atoms with E-state index in [4.69, 9.17) is 4.74 Å². The number of fused-ring (bicyclic) bond motifs is 1. The number of aromatic amines is 1. The third-order valence-corrected chi connectivity index (χ3v) is 3.66. The van der Waals surface area contributed by atoms with Crippen LogP contribution < -0.4 is 5.32 Å². The zero-order chi connectivity index (χ0) is 15.5. The van der Waals surface area contributed by atoms with Crippen LogP contribution in [0, 0.1) is 0 Å². The zero-order valence-corrected chi connectivity index (χ0v) is 12.2. The van der Waals surface area contributed by atoms with Gasteiger partial charge in [-0.1, -0.05) is 0 Å².